The molecule has 0 aliphatic carbocycles. The molecule has 0 bridgehead atoms. The maximum atomic E-state index is 3.37. The monoisotopic (exact) mass is 196 g/mol. The minimum atomic E-state index is 0.171. The maximum Gasteiger partial charge on any atom is 0.0300 e. The minimum Gasteiger partial charge on any atom is -0.315 e. The van der Waals surface area contributed by atoms with Crippen LogP contribution in [-0.2, 0) is 0 Å². The van der Waals surface area contributed by atoms with E-state index in [1.807, 2.05) is 14.0 Å². The van der Waals surface area contributed by atoms with Crippen LogP contribution in [0.2, 0.25) is 0 Å². The van der Waals surface area contributed by atoms with Crippen molar-refractivity contribution in [2.45, 2.75) is 45.2 Å². The Hall–Kier alpha value is -0.520. The predicted molar refractivity (Wildman–Crippen MR) is 63.3 cm³/mol. The average Bonchev–Trinajstić information content (AvgIpc) is 2.12. The molecule has 0 aliphatic heterocycles. The van der Waals surface area contributed by atoms with Gasteiger partial charge in [0.1, 0.15) is 0 Å². The van der Waals surface area contributed by atoms with Gasteiger partial charge in [0.25, 0.3) is 0 Å². The highest BCUT2D eigenvalue weighted by Crippen LogP contribution is 2.18. The molecule has 82 valence electrons. The van der Waals surface area contributed by atoms with E-state index in [4.69, 9.17) is 0 Å². The van der Waals surface area contributed by atoms with E-state index in [0.717, 1.165) is 12.8 Å². The van der Waals surface area contributed by atoms with Gasteiger partial charge in [0.15, 0.2) is 0 Å². The lowest BCUT2D eigenvalue weighted by Gasteiger charge is -2.40. The molecule has 0 spiro atoms. The van der Waals surface area contributed by atoms with E-state index in [9.17, 15) is 0 Å². The number of hydrogen-bond acceptors (Lipinski definition) is 2. The van der Waals surface area contributed by atoms with Gasteiger partial charge in [-0.3, -0.25) is 0 Å². The van der Waals surface area contributed by atoms with E-state index in [1.54, 1.807) is 0 Å². The summed E-state index contributed by atoms with van der Waals surface area (Å²) in [7, 11) is 6.26. The summed E-state index contributed by atoms with van der Waals surface area (Å²) in [5, 5.41) is 3.37. The fourth-order valence-electron chi connectivity index (χ4n) is 1.50. The van der Waals surface area contributed by atoms with Gasteiger partial charge in [0, 0.05) is 18.0 Å². The fraction of sp³-hybridized carbons (Fsp3) is 0.833. The summed E-state index contributed by atoms with van der Waals surface area (Å²) in [6.45, 7) is 6.41. The summed E-state index contributed by atoms with van der Waals surface area (Å²) in [4.78, 5) is 2.26. The van der Waals surface area contributed by atoms with E-state index in [0.29, 0.717) is 6.04 Å². The molecule has 0 rings (SSSR count). The first kappa shape index (κ1) is 13.5. The first-order valence-corrected chi connectivity index (χ1v) is 5.21. The van der Waals surface area contributed by atoms with E-state index in [-0.39, 0.29) is 5.54 Å². The SMILES string of the molecule is CC#CCCC(NC)C(C)(C)N(C)C. The van der Waals surface area contributed by atoms with Crippen molar-refractivity contribution in [1.82, 2.24) is 10.2 Å². The van der Waals surface area contributed by atoms with Gasteiger partial charge < -0.3 is 10.2 Å². The summed E-state index contributed by atoms with van der Waals surface area (Å²) >= 11 is 0. The molecule has 0 aromatic heterocycles. The molecule has 0 aromatic rings. The number of nitrogens with zero attached hydrogens (tertiary/aromatic N) is 1. The van der Waals surface area contributed by atoms with Crippen LogP contribution in [0.5, 0.6) is 0 Å². The lowest BCUT2D eigenvalue weighted by atomic mass is 9.90. The molecular weight excluding hydrogens is 172 g/mol. The van der Waals surface area contributed by atoms with Crippen molar-refractivity contribution < 1.29 is 0 Å². The molecule has 0 radical (unpaired) electrons. The summed E-state index contributed by atoms with van der Waals surface area (Å²) in [6.07, 6.45) is 2.07. The Bertz CT molecular complexity index is 208. The Morgan fingerprint density at radius 3 is 2.29 bits per heavy atom. The molecule has 0 saturated heterocycles. The topological polar surface area (TPSA) is 15.3 Å². The molecule has 2 heteroatoms. The van der Waals surface area contributed by atoms with Crippen LogP contribution in [0.3, 0.4) is 0 Å². The first-order chi connectivity index (χ1) is 6.46. The number of rotatable bonds is 5. The maximum absolute atomic E-state index is 3.37. The second kappa shape index (κ2) is 6.06. The van der Waals surface area contributed by atoms with Gasteiger partial charge in [0.2, 0.25) is 0 Å². The van der Waals surface area contributed by atoms with Crippen molar-refractivity contribution in [3.63, 3.8) is 0 Å². The van der Waals surface area contributed by atoms with Crippen molar-refractivity contribution in [2.75, 3.05) is 21.1 Å². The molecule has 0 fully saturated rings. The highest BCUT2D eigenvalue weighted by atomic mass is 15.2. The molecule has 1 unspecified atom stereocenters. The number of likely N-dealkylation sites (N-methyl/N-ethyl adjacent to an activating group) is 2. The van der Waals surface area contributed by atoms with Gasteiger partial charge >= 0.3 is 0 Å². The van der Waals surface area contributed by atoms with Crippen LogP contribution in [0.15, 0.2) is 0 Å². The fourth-order valence-corrected chi connectivity index (χ4v) is 1.50. The van der Waals surface area contributed by atoms with Gasteiger partial charge in [-0.2, -0.15) is 0 Å². The quantitative estimate of drug-likeness (QED) is 0.674. The zero-order valence-electron chi connectivity index (χ0n) is 10.4. The van der Waals surface area contributed by atoms with Crippen LogP contribution < -0.4 is 5.32 Å². The van der Waals surface area contributed by atoms with E-state index >= 15 is 0 Å². The lowest BCUT2D eigenvalue weighted by Crippen LogP contribution is -2.54. The molecule has 0 aliphatic rings. The Morgan fingerprint density at radius 2 is 1.93 bits per heavy atom. The van der Waals surface area contributed by atoms with Gasteiger partial charge in [-0.1, -0.05) is 0 Å². The minimum absolute atomic E-state index is 0.171. The highest BCUT2D eigenvalue weighted by molar-refractivity contribution is 4.98. The molecule has 2 nitrogen and oxygen atoms in total. The van der Waals surface area contributed by atoms with Crippen molar-refractivity contribution in [3.05, 3.63) is 0 Å². The van der Waals surface area contributed by atoms with Gasteiger partial charge in [-0.05, 0) is 48.3 Å². The molecule has 0 aromatic carbocycles. The molecule has 0 heterocycles. The summed E-state index contributed by atoms with van der Waals surface area (Å²) in [6, 6.07) is 0.485. The largest absolute Gasteiger partial charge is 0.315 e. The molecule has 14 heavy (non-hydrogen) atoms. The Balaban J connectivity index is 4.29. The van der Waals surface area contributed by atoms with Crippen molar-refractivity contribution in [3.8, 4) is 11.8 Å². The normalized spacial score (nSPS) is 13.6. The Kier molecular flexibility index (Phi) is 5.83. The number of hydrogen-bond donors (Lipinski definition) is 1. The van der Waals surface area contributed by atoms with Crippen LogP contribution in [0.1, 0.15) is 33.6 Å². The zero-order chi connectivity index (χ0) is 11.2. The molecular formula is C12H24N2. The third kappa shape index (κ3) is 3.69. The van der Waals surface area contributed by atoms with Crippen LogP contribution in [0, 0.1) is 11.8 Å². The molecule has 1 atom stereocenters. The van der Waals surface area contributed by atoms with Crippen molar-refractivity contribution in [2.24, 2.45) is 0 Å². The highest BCUT2D eigenvalue weighted by Gasteiger charge is 2.29. The van der Waals surface area contributed by atoms with E-state index in [1.165, 1.54) is 0 Å². The molecule has 1 N–H and O–H groups in total. The van der Waals surface area contributed by atoms with Crippen LogP contribution in [0.25, 0.3) is 0 Å². The smallest absolute Gasteiger partial charge is 0.0300 e. The standard InChI is InChI=1S/C12H24N2/c1-7-8-9-10-11(13-4)12(2,3)14(5)6/h11,13H,9-10H2,1-6H3. The summed E-state index contributed by atoms with van der Waals surface area (Å²) < 4.78 is 0. The van der Waals surface area contributed by atoms with E-state index < -0.39 is 0 Å². The summed E-state index contributed by atoms with van der Waals surface area (Å²) in [5.41, 5.74) is 0.171. The van der Waals surface area contributed by atoms with Gasteiger partial charge in [0.05, 0.1) is 0 Å². The third-order valence-corrected chi connectivity index (χ3v) is 3.09. The predicted octanol–water partition coefficient (Wildman–Crippen LogP) is 1.72. The lowest BCUT2D eigenvalue weighted by molar-refractivity contribution is 0.137. The van der Waals surface area contributed by atoms with Gasteiger partial charge in [-0.25, -0.2) is 0 Å². The Morgan fingerprint density at radius 1 is 1.36 bits per heavy atom. The second-order valence-corrected chi connectivity index (χ2v) is 4.35. The zero-order valence-corrected chi connectivity index (χ0v) is 10.4. The van der Waals surface area contributed by atoms with Crippen molar-refractivity contribution >= 4 is 0 Å². The average molecular weight is 196 g/mol. The van der Waals surface area contributed by atoms with E-state index in [2.05, 4.69) is 50.0 Å². The van der Waals surface area contributed by atoms with Crippen LogP contribution in [-0.4, -0.2) is 37.6 Å². The first-order valence-electron chi connectivity index (χ1n) is 5.21. The molecule has 0 amide bonds. The molecule has 0 saturated carbocycles. The number of nitrogens with one attached hydrogen (secondary N) is 1. The van der Waals surface area contributed by atoms with Crippen molar-refractivity contribution in [1.29, 1.82) is 0 Å². The Labute approximate surface area is 89.1 Å². The summed E-state index contributed by atoms with van der Waals surface area (Å²) in [5.74, 6) is 6.05. The van der Waals surface area contributed by atoms with Crippen LogP contribution in [0.4, 0.5) is 0 Å². The van der Waals surface area contributed by atoms with Gasteiger partial charge in [-0.15, -0.1) is 11.8 Å². The van der Waals surface area contributed by atoms with Crippen LogP contribution >= 0.6 is 0 Å². The third-order valence-electron chi connectivity index (χ3n) is 3.09. The second-order valence-electron chi connectivity index (χ2n) is 4.35.